The van der Waals surface area contributed by atoms with Gasteiger partial charge in [-0.2, -0.15) is 0 Å². The first-order valence-corrected chi connectivity index (χ1v) is 5.22. The van der Waals surface area contributed by atoms with Crippen LogP contribution >= 0.6 is 0 Å². The first kappa shape index (κ1) is 12.6. The molecule has 0 aromatic carbocycles. The van der Waals surface area contributed by atoms with Crippen LogP contribution < -0.4 is 0 Å². The second kappa shape index (κ2) is 5.38. The molecular formula is C11H22O2. The van der Waals surface area contributed by atoms with Crippen LogP contribution in [0.4, 0.5) is 0 Å². The number of carbonyl (C=O) groups excluding carboxylic acids is 1. The SMILES string of the molecule is CCC(O)(CC)C(=O)CCC(C)C. The zero-order chi connectivity index (χ0) is 10.5. The van der Waals surface area contributed by atoms with Crippen LogP contribution in [0.1, 0.15) is 53.4 Å². The van der Waals surface area contributed by atoms with E-state index in [0.29, 0.717) is 25.2 Å². The Labute approximate surface area is 81.3 Å². The summed E-state index contributed by atoms with van der Waals surface area (Å²) in [4.78, 5) is 11.6. The smallest absolute Gasteiger partial charge is 0.164 e. The predicted octanol–water partition coefficient (Wildman–Crippen LogP) is 2.54. The van der Waals surface area contributed by atoms with Crippen LogP contribution in [-0.4, -0.2) is 16.5 Å². The summed E-state index contributed by atoms with van der Waals surface area (Å²) >= 11 is 0. The molecule has 0 rings (SSSR count). The monoisotopic (exact) mass is 186 g/mol. The Morgan fingerprint density at radius 2 is 1.77 bits per heavy atom. The third kappa shape index (κ3) is 3.90. The van der Waals surface area contributed by atoms with Crippen LogP contribution in [0, 0.1) is 5.92 Å². The maximum atomic E-state index is 11.6. The van der Waals surface area contributed by atoms with E-state index in [1.807, 2.05) is 13.8 Å². The van der Waals surface area contributed by atoms with Crippen LogP contribution in [0.15, 0.2) is 0 Å². The molecule has 2 nitrogen and oxygen atoms in total. The summed E-state index contributed by atoms with van der Waals surface area (Å²) < 4.78 is 0. The van der Waals surface area contributed by atoms with Gasteiger partial charge in [0.1, 0.15) is 5.60 Å². The number of ketones is 1. The van der Waals surface area contributed by atoms with Gasteiger partial charge in [0, 0.05) is 6.42 Å². The number of Topliss-reactive ketones (excluding diaryl/α,β-unsaturated/α-hetero) is 1. The fourth-order valence-corrected chi connectivity index (χ4v) is 1.30. The lowest BCUT2D eigenvalue weighted by Gasteiger charge is -2.23. The van der Waals surface area contributed by atoms with Crippen molar-refractivity contribution >= 4 is 5.78 Å². The standard InChI is InChI=1S/C11H22O2/c1-5-11(13,6-2)10(12)8-7-9(3)4/h9,13H,5-8H2,1-4H3. The van der Waals surface area contributed by atoms with E-state index in [-0.39, 0.29) is 5.78 Å². The number of aliphatic hydroxyl groups is 1. The molecule has 0 amide bonds. The van der Waals surface area contributed by atoms with Crippen molar-refractivity contribution in [2.45, 2.75) is 59.0 Å². The molecule has 0 spiro atoms. The highest BCUT2D eigenvalue weighted by molar-refractivity contribution is 5.86. The molecule has 0 aliphatic carbocycles. The van der Waals surface area contributed by atoms with E-state index >= 15 is 0 Å². The molecule has 0 heterocycles. The van der Waals surface area contributed by atoms with Crippen LogP contribution in [-0.2, 0) is 4.79 Å². The van der Waals surface area contributed by atoms with Crippen molar-refractivity contribution in [2.24, 2.45) is 5.92 Å². The van der Waals surface area contributed by atoms with Crippen molar-refractivity contribution in [3.63, 3.8) is 0 Å². The molecule has 13 heavy (non-hydrogen) atoms. The van der Waals surface area contributed by atoms with Crippen LogP contribution in [0.25, 0.3) is 0 Å². The van der Waals surface area contributed by atoms with E-state index in [2.05, 4.69) is 13.8 Å². The fourth-order valence-electron chi connectivity index (χ4n) is 1.30. The van der Waals surface area contributed by atoms with Gasteiger partial charge in [0.15, 0.2) is 5.78 Å². The van der Waals surface area contributed by atoms with Gasteiger partial charge in [-0.15, -0.1) is 0 Å². The topological polar surface area (TPSA) is 37.3 Å². The van der Waals surface area contributed by atoms with E-state index < -0.39 is 5.60 Å². The molecule has 0 unspecified atom stereocenters. The van der Waals surface area contributed by atoms with Gasteiger partial charge in [0.25, 0.3) is 0 Å². The molecular weight excluding hydrogens is 164 g/mol. The summed E-state index contributed by atoms with van der Waals surface area (Å²) in [6.07, 6.45) is 2.44. The molecule has 0 saturated heterocycles. The minimum Gasteiger partial charge on any atom is -0.382 e. The van der Waals surface area contributed by atoms with Gasteiger partial charge >= 0.3 is 0 Å². The maximum absolute atomic E-state index is 11.6. The third-order valence-electron chi connectivity index (χ3n) is 2.64. The minimum absolute atomic E-state index is 0.00574. The summed E-state index contributed by atoms with van der Waals surface area (Å²) in [6, 6.07) is 0. The summed E-state index contributed by atoms with van der Waals surface area (Å²) in [5, 5.41) is 9.86. The molecule has 0 bridgehead atoms. The van der Waals surface area contributed by atoms with Gasteiger partial charge in [0.2, 0.25) is 0 Å². The first-order chi connectivity index (χ1) is 5.96. The van der Waals surface area contributed by atoms with Gasteiger partial charge in [-0.25, -0.2) is 0 Å². The normalized spacial score (nSPS) is 12.2. The summed E-state index contributed by atoms with van der Waals surface area (Å²) in [6.45, 7) is 7.89. The molecule has 1 N–H and O–H groups in total. The predicted molar refractivity (Wildman–Crippen MR) is 54.6 cm³/mol. The Hall–Kier alpha value is -0.370. The first-order valence-electron chi connectivity index (χ1n) is 5.22. The molecule has 0 aliphatic rings. The quantitative estimate of drug-likeness (QED) is 0.692. The van der Waals surface area contributed by atoms with E-state index in [1.54, 1.807) is 0 Å². The Balaban J connectivity index is 4.07. The van der Waals surface area contributed by atoms with Crippen LogP contribution in [0.5, 0.6) is 0 Å². The molecule has 2 heteroatoms. The molecule has 78 valence electrons. The Morgan fingerprint density at radius 1 is 1.31 bits per heavy atom. The molecule has 0 aromatic rings. The van der Waals surface area contributed by atoms with Gasteiger partial charge in [-0.05, 0) is 25.2 Å². The average Bonchev–Trinajstić information content (AvgIpc) is 2.12. The van der Waals surface area contributed by atoms with Crippen molar-refractivity contribution in [1.82, 2.24) is 0 Å². The van der Waals surface area contributed by atoms with Gasteiger partial charge in [0.05, 0.1) is 0 Å². The Morgan fingerprint density at radius 3 is 2.08 bits per heavy atom. The van der Waals surface area contributed by atoms with E-state index in [4.69, 9.17) is 0 Å². The average molecular weight is 186 g/mol. The number of hydrogen-bond acceptors (Lipinski definition) is 2. The zero-order valence-electron chi connectivity index (χ0n) is 9.26. The fraction of sp³-hybridized carbons (Fsp3) is 0.909. The number of rotatable bonds is 6. The van der Waals surface area contributed by atoms with Crippen molar-refractivity contribution in [3.8, 4) is 0 Å². The van der Waals surface area contributed by atoms with Gasteiger partial charge in [-0.1, -0.05) is 27.7 Å². The van der Waals surface area contributed by atoms with Gasteiger partial charge < -0.3 is 5.11 Å². The Kier molecular flexibility index (Phi) is 5.23. The largest absolute Gasteiger partial charge is 0.382 e. The Bertz CT molecular complexity index is 157. The molecule has 0 fully saturated rings. The number of carbonyl (C=O) groups is 1. The minimum atomic E-state index is -1.06. The van der Waals surface area contributed by atoms with E-state index in [9.17, 15) is 9.90 Å². The summed E-state index contributed by atoms with van der Waals surface area (Å²) in [7, 11) is 0. The lowest BCUT2D eigenvalue weighted by molar-refractivity contribution is -0.138. The van der Waals surface area contributed by atoms with Gasteiger partial charge in [-0.3, -0.25) is 4.79 Å². The molecule has 0 saturated carbocycles. The highest BCUT2D eigenvalue weighted by atomic mass is 16.3. The maximum Gasteiger partial charge on any atom is 0.164 e. The highest BCUT2D eigenvalue weighted by Crippen LogP contribution is 2.19. The summed E-state index contributed by atoms with van der Waals surface area (Å²) in [5.41, 5.74) is -1.06. The van der Waals surface area contributed by atoms with Crippen molar-refractivity contribution < 1.29 is 9.90 Å². The molecule has 0 aliphatic heterocycles. The second-order valence-corrected chi connectivity index (χ2v) is 4.09. The highest BCUT2D eigenvalue weighted by Gasteiger charge is 2.30. The molecule has 0 radical (unpaired) electrons. The lowest BCUT2D eigenvalue weighted by Crippen LogP contribution is -2.37. The number of hydrogen-bond donors (Lipinski definition) is 1. The van der Waals surface area contributed by atoms with Crippen molar-refractivity contribution in [2.75, 3.05) is 0 Å². The zero-order valence-corrected chi connectivity index (χ0v) is 9.26. The van der Waals surface area contributed by atoms with Crippen LogP contribution in [0.3, 0.4) is 0 Å². The van der Waals surface area contributed by atoms with Crippen LogP contribution in [0.2, 0.25) is 0 Å². The molecule has 0 aromatic heterocycles. The van der Waals surface area contributed by atoms with E-state index in [1.165, 1.54) is 0 Å². The van der Waals surface area contributed by atoms with Crippen molar-refractivity contribution in [3.05, 3.63) is 0 Å². The van der Waals surface area contributed by atoms with E-state index in [0.717, 1.165) is 6.42 Å². The molecule has 0 atom stereocenters. The second-order valence-electron chi connectivity index (χ2n) is 4.09. The summed E-state index contributed by atoms with van der Waals surface area (Å²) in [5.74, 6) is 0.535. The lowest BCUT2D eigenvalue weighted by atomic mass is 9.88. The third-order valence-corrected chi connectivity index (χ3v) is 2.64. The van der Waals surface area contributed by atoms with Crippen molar-refractivity contribution in [1.29, 1.82) is 0 Å².